The van der Waals surface area contributed by atoms with Crippen LogP contribution < -0.4 is 33.2 Å². The van der Waals surface area contributed by atoms with Crippen molar-refractivity contribution < 1.29 is 14.4 Å². The van der Waals surface area contributed by atoms with E-state index in [-0.39, 0.29) is 0 Å². The number of anilines is 3. The molecule has 0 atom stereocenters. The quantitative estimate of drug-likeness (QED) is 0.287. The Hall–Kier alpha value is -4.57. The fraction of sp³-hybridized carbons (Fsp3) is 0.125. The lowest BCUT2D eigenvalue weighted by atomic mass is 10.1. The number of nitrogens with one attached hydrogen (secondary N) is 3. The fourth-order valence-corrected chi connectivity index (χ4v) is 3.61. The van der Waals surface area contributed by atoms with Gasteiger partial charge in [-0.25, -0.2) is 14.4 Å². The third kappa shape index (κ3) is 7.84. The number of nitrogens with zero attached hydrogens (tertiary/aromatic N) is 1. The van der Waals surface area contributed by atoms with Gasteiger partial charge in [0.15, 0.2) is 0 Å². The molecule has 0 saturated heterocycles. The molecule has 6 amide bonds. The Kier molecular flexibility index (Phi) is 8.03. The Labute approximate surface area is 197 Å². The van der Waals surface area contributed by atoms with E-state index in [9.17, 15) is 14.4 Å². The number of carbonyl (C=O) groups is 3. The van der Waals surface area contributed by atoms with Crippen molar-refractivity contribution in [3.8, 4) is 0 Å². The average Bonchev–Trinajstić information content (AvgIpc) is 2.73. The zero-order valence-corrected chi connectivity index (χ0v) is 18.5. The maximum atomic E-state index is 11.2. The summed E-state index contributed by atoms with van der Waals surface area (Å²) in [7, 11) is 0. The summed E-state index contributed by atoms with van der Waals surface area (Å²) in [5.74, 6) is 0. The molecule has 0 fully saturated rings. The second-order valence-electron chi connectivity index (χ2n) is 7.71. The Morgan fingerprint density at radius 2 is 0.853 bits per heavy atom. The van der Waals surface area contributed by atoms with Gasteiger partial charge in [0.25, 0.3) is 0 Å². The first-order valence-corrected chi connectivity index (χ1v) is 10.5. The number of amides is 6. The van der Waals surface area contributed by atoms with Crippen molar-refractivity contribution in [3.63, 3.8) is 0 Å². The first-order valence-electron chi connectivity index (χ1n) is 10.5. The maximum Gasteiger partial charge on any atom is 0.316 e. The summed E-state index contributed by atoms with van der Waals surface area (Å²) in [6.45, 7) is 1.65. The molecule has 0 heterocycles. The zero-order valence-electron chi connectivity index (χ0n) is 18.5. The van der Waals surface area contributed by atoms with Crippen LogP contribution in [0.3, 0.4) is 0 Å². The molecule has 176 valence electrons. The topological polar surface area (TPSA) is 169 Å². The van der Waals surface area contributed by atoms with Gasteiger partial charge in [-0.15, -0.1) is 0 Å². The van der Waals surface area contributed by atoms with Crippen molar-refractivity contribution in [3.05, 3.63) is 89.5 Å². The van der Waals surface area contributed by atoms with Crippen LogP contribution in [0.5, 0.6) is 0 Å². The molecular weight excluding hydrogens is 434 g/mol. The molecule has 10 heteroatoms. The molecule has 0 aliphatic rings. The SMILES string of the molecule is NC(=O)Nc1cccc(CN(Cc2cccc(NC(N)=O)c2)Cc2cccc(NC(N)=O)c2)c1. The van der Waals surface area contributed by atoms with Crippen molar-refractivity contribution >= 4 is 35.2 Å². The van der Waals surface area contributed by atoms with Crippen LogP contribution in [0, 0.1) is 0 Å². The number of hydrogen-bond donors (Lipinski definition) is 6. The molecule has 0 aromatic heterocycles. The summed E-state index contributed by atoms with van der Waals surface area (Å²) in [4.78, 5) is 35.8. The number of nitrogens with two attached hydrogens (primary N) is 3. The lowest BCUT2D eigenvalue weighted by molar-refractivity contribution is 0.248. The highest BCUT2D eigenvalue weighted by molar-refractivity contribution is 5.88. The van der Waals surface area contributed by atoms with E-state index in [0.717, 1.165) is 16.7 Å². The Morgan fingerprint density at radius 3 is 1.12 bits per heavy atom. The first-order chi connectivity index (χ1) is 16.3. The van der Waals surface area contributed by atoms with Gasteiger partial charge in [0.1, 0.15) is 0 Å². The first kappa shape index (κ1) is 24.1. The second-order valence-corrected chi connectivity index (χ2v) is 7.71. The molecule has 10 nitrogen and oxygen atoms in total. The van der Waals surface area contributed by atoms with E-state index in [1.807, 2.05) is 54.6 Å². The molecule has 0 saturated carbocycles. The lowest BCUT2D eigenvalue weighted by Crippen LogP contribution is -2.24. The minimum Gasteiger partial charge on any atom is -0.351 e. The number of urea groups is 3. The number of primary amides is 3. The highest BCUT2D eigenvalue weighted by atomic mass is 16.2. The van der Waals surface area contributed by atoms with Gasteiger partial charge in [-0.3, -0.25) is 4.90 Å². The van der Waals surface area contributed by atoms with Crippen molar-refractivity contribution in [1.29, 1.82) is 0 Å². The van der Waals surface area contributed by atoms with Gasteiger partial charge in [0, 0.05) is 36.7 Å². The predicted octanol–water partition coefficient (Wildman–Crippen LogP) is 3.36. The number of hydrogen-bond acceptors (Lipinski definition) is 4. The minimum absolute atomic E-state index is 0.551. The second kappa shape index (κ2) is 11.3. The van der Waals surface area contributed by atoms with Gasteiger partial charge in [0.2, 0.25) is 0 Å². The molecule has 3 aromatic carbocycles. The van der Waals surface area contributed by atoms with Crippen LogP contribution in [0.2, 0.25) is 0 Å². The van der Waals surface area contributed by atoms with Crippen molar-refractivity contribution in [2.45, 2.75) is 19.6 Å². The maximum absolute atomic E-state index is 11.2. The molecular formula is C24H27N7O3. The molecule has 34 heavy (non-hydrogen) atoms. The summed E-state index contributed by atoms with van der Waals surface area (Å²) in [6.07, 6.45) is 0. The van der Waals surface area contributed by atoms with Gasteiger partial charge in [-0.1, -0.05) is 36.4 Å². The van der Waals surface area contributed by atoms with Crippen LogP contribution in [0.4, 0.5) is 31.4 Å². The molecule has 3 rings (SSSR count). The molecule has 0 aliphatic carbocycles. The fourth-order valence-electron chi connectivity index (χ4n) is 3.61. The Balaban J connectivity index is 1.85. The number of carbonyl (C=O) groups excluding carboxylic acids is 3. The molecule has 0 aliphatic heterocycles. The van der Waals surface area contributed by atoms with Crippen LogP contribution in [-0.2, 0) is 19.6 Å². The van der Waals surface area contributed by atoms with Gasteiger partial charge in [0.05, 0.1) is 0 Å². The van der Waals surface area contributed by atoms with Crippen LogP contribution in [-0.4, -0.2) is 23.0 Å². The largest absolute Gasteiger partial charge is 0.351 e. The molecule has 0 bridgehead atoms. The van der Waals surface area contributed by atoms with Crippen molar-refractivity contribution in [1.82, 2.24) is 4.90 Å². The smallest absolute Gasteiger partial charge is 0.316 e. The highest BCUT2D eigenvalue weighted by Gasteiger charge is 2.11. The third-order valence-electron chi connectivity index (χ3n) is 4.80. The summed E-state index contributed by atoms with van der Waals surface area (Å²) in [6, 6.07) is 20.3. The van der Waals surface area contributed by atoms with Crippen LogP contribution in [0.1, 0.15) is 16.7 Å². The van der Waals surface area contributed by atoms with Gasteiger partial charge in [-0.05, 0) is 53.1 Å². The summed E-state index contributed by atoms with van der Waals surface area (Å²) < 4.78 is 0. The van der Waals surface area contributed by atoms with E-state index >= 15 is 0 Å². The number of rotatable bonds is 9. The van der Waals surface area contributed by atoms with E-state index in [0.29, 0.717) is 36.7 Å². The van der Waals surface area contributed by atoms with E-state index < -0.39 is 18.1 Å². The highest BCUT2D eigenvalue weighted by Crippen LogP contribution is 2.20. The van der Waals surface area contributed by atoms with E-state index in [1.165, 1.54) is 0 Å². The summed E-state index contributed by atoms with van der Waals surface area (Å²) in [5, 5.41) is 7.76. The normalized spacial score (nSPS) is 10.5. The van der Waals surface area contributed by atoms with Gasteiger partial charge in [-0.2, -0.15) is 0 Å². The standard InChI is InChI=1S/C24H27N7O3/c25-22(32)28-19-7-1-4-16(10-19)13-31(14-17-5-2-8-20(11-17)29-23(26)33)15-18-6-3-9-21(12-18)30-24(27)34/h1-12H,13-15H2,(H3,25,28,32)(H3,26,29,33)(H3,27,30,34). The predicted molar refractivity (Wildman–Crippen MR) is 132 cm³/mol. The van der Waals surface area contributed by atoms with Crippen LogP contribution in [0.15, 0.2) is 72.8 Å². The zero-order chi connectivity index (χ0) is 24.5. The Morgan fingerprint density at radius 1 is 0.559 bits per heavy atom. The summed E-state index contributed by atoms with van der Waals surface area (Å²) in [5.41, 5.74) is 20.4. The molecule has 0 unspecified atom stereocenters. The molecule has 3 aromatic rings. The van der Waals surface area contributed by atoms with Gasteiger partial charge >= 0.3 is 18.1 Å². The molecule has 0 spiro atoms. The third-order valence-corrected chi connectivity index (χ3v) is 4.80. The summed E-state index contributed by atoms with van der Waals surface area (Å²) >= 11 is 0. The Bertz CT molecular complexity index is 1040. The van der Waals surface area contributed by atoms with Gasteiger partial charge < -0.3 is 33.2 Å². The van der Waals surface area contributed by atoms with Crippen molar-refractivity contribution in [2.75, 3.05) is 16.0 Å². The average molecular weight is 462 g/mol. The lowest BCUT2D eigenvalue weighted by Gasteiger charge is -2.24. The molecule has 0 radical (unpaired) electrons. The van der Waals surface area contributed by atoms with E-state index in [4.69, 9.17) is 17.2 Å². The number of benzene rings is 3. The van der Waals surface area contributed by atoms with Crippen molar-refractivity contribution in [2.24, 2.45) is 17.2 Å². The van der Waals surface area contributed by atoms with Crippen LogP contribution >= 0.6 is 0 Å². The van der Waals surface area contributed by atoms with E-state index in [2.05, 4.69) is 20.9 Å². The van der Waals surface area contributed by atoms with E-state index in [1.54, 1.807) is 18.2 Å². The monoisotopic (exact) mass is 461 g/mol. The molecule has 9 N–H and O–H groups in total. The minimum atomic E-state index is -0.633. The van der Waals surface area contributed by atoms with Crippen LogP contribution in [0.25, 0.3) is 0 Å².